The molecule has 1 amide bonds. The number of hydrogen-bond donors (Lipinski definition) is 0. The normalized spacial score (nSPS) is 25.9. The number of alkyl halides is 3. The summed E-state index contributed by atoms with van der Waals surface area (Å²) in [4.78, 5) is 10.6. The summed E-state index contributed by atoms with van der Waals surface area (Å²) in [6, 6.07) is -1.52. The van der Waals surface area contributed by atoms with Gasteiger partial charge in [-0.05, 0) is 6.42 Å². The second-order valence-corrected chi connectivity index (χ2v) is 2.19. The third kappa shape index (κ3) is 1.08. The lowest BCUT2D eigenvalue weighted by Crippen LogP contribution is -2.54. The molecule has 10 heavy (non-hydrogen) atoms. The highest BCUT2D eigenvalue weighted by atomic mass is 19.4. The van der Waals surface area contributed by atoms with Gasteiger partial charge in [-0.1, -0.05) is 0 Å². The molecule has 0 aliphatic carbocycles. The van der Waals surface area contributed by atoms with Gasteiger partial charge in [-0.25, -0.2) is 0 Å². The monoisotopic (exact) mass is 153 g/mol. The molecule has 0 N–H and O–H groups in total. The molecule has 1 heterocycles. The minimum absolute atomic E-state index is 0.0439. The summed E-state index contributed by atoms with van der Waals surface area (Å²) in [7, 11) is 0. The molecule has 0 aromatic carbocycles. The number of amides is 1. The first-order valence-electron chi connectivity index (χ1n) is 2.83. The van der Waals surface area contributed by atoms with Gasteiger partial charge in [0.25, 0.3) is 0 Å². The molecule has 0 spiro atoms. The predicted molar refractivity (Wildman–Crippen MR) is 27.2 cm³/mol. The number of hydrogen-bond acceptors (Lipinski definition) is 1. The lowest BCUT2D eigenvalue weighted by atomic mass is 10.0. The van der Waals surface area contributed by atoms with Crippen molar-refractivity contribution in [3.63, 3.8) is 0 Å². The highest BCUT2D eigenvalue weighted by molar-refractivity contribution is 5.49. The van der Waals surface area contributed by atoms with Gasteiger partial charge in [-0.2, -0.15) is 13.2 Å². The quantitative estimate of drug-likeness (QED) is 0.510. The molecule has 0 bridgehead atoms. The van der Waals surface area contributed by atoms with Gasteiger partial charge in [0.2, 0.25) is 6.41 Å². The van der Waals surface area contributed by atoms with Crippen LogP contribution in [0.3, 0.4) is 0 Å². The molecule has 0 aromatic rings. The molecule has 1 aliphatic rings. The largest absolute Gasteiger partial charge is 0.408 e. The van der Waals surface area contributed by atoms with Crippen molar-refractivity contribution >= 4 is 6.41 Å². The van der Waals surface area contributed by atoms with Gasteiger partial charge in [0.05, 0.1) is 0 Å². The molecule has 0 aromatic heterocycles. The van der Waals surface area contributed by atoms with Gasteiger partial charge < -0.3 is 4.90 Å². The van der Waals surface area contributed by atoms with Crippen LogP contribution in [0.1, 0.15) is 6.42 Å². The zero-order valence-electron chi connectivity index (χ0n) is 5.06. The van der Waals surface area contributed by atoms with E-state index in [4.69, 9.17) is 0 Å². The van der Waals surface area contributed by atoms with Crippen LogP contribution in [0.25, 0.3) is 0 Å². The zero-order chi connectivity index (χ0) is 7.78. The van der Waals surface area contributed by atoms with Crippen molar-refractivity contribution in [3.05, 3.63) is 0 Å². The minimum Gasteiger partial charge on any atom is -0.333 e. The number of carbonyl (C=O) groups is 1. The number of likely N-dealkylation sites (tertiary alicyclic amines) is 1. The van der Waals surface area contributed by atoms with Crippen molar-refractivity contribution in [2.45, 2.75) is 18.6 Å². The SMILES string of the molecule is O=CN1CCC1C(F)(F)F. The molecule has 1 fully saturated rings. The first-order chi connectivity index (χ1) is 4.55. The molecule has 1 rings (SSSR count). The Balaban J connectivity index is 2.50. The Labute approximate surface area is 55.6 Å². The van der Waals surface area contributed by atoms with Gasteiger partial charge in [0.15, 0.2) is 0 Å². The molecule has 1 saturated heterocycles. The first kappa shape index (κ1) is 7.37. The third-order valence-corrected chi connectivity index (χ3v) is 1.57. The maximum Gasteiger partial charge on any atom is 0.408 e. The Morgan fingerprint density at radius 1 is 1.50 bits per heavy atom. The van der Waals surface area contributed by atoms with E-state index in [0.29, 0.717) is 0 Å². The summed E-state index contributed by atoms with van der Waals surface area (Å²) in [5, 5.41) is 0. The number of nitrogens with zero attached hydrogens (tertiary/aromatic N) is 1. The average molecular weight is 153 g/mol. The smallest absolute Gasteiger partial charge is 0.333 e. The molecular weight excluding hydrogens is 147 g/mol. The molecule has 0 saturated carbocycles. The average Bonchev–Trinajstić information content (AvgIpc) is 1.57. The summed E-state index contributed by atoms with van der Waals surface area (Å²) < 4.78 is 35.2. The maximum atomic E-state index is 11.7. The van der Waals surface area contributed by atoms with Gasteiger partial charge in [0.1, 0.15) is 6.04 Å². The Bertz CT molecular complexity index is 144. The molecule has 2 nitrogen and oxygen atoms in total. The van der Waals surface area contributed by atoms with E-state index in [1.54, 1.807) is 0 Å². The molecule has 1 aliphatic heterocycles. The van der Waals surface area contributed by atoms with Crippen LogP contribution in [0.4, 0.5) is 13.2 Å². The van der Waals surface area contributed by atoms with E-state index in [-0.39, 0.29) is 19.4 Å². The van der Waals surface area contributed by atoms with E-state index in [1.165, 1.54) is 0 Å². The fourth-order valence-corrected chi connectivity index (χ4v) is 0.885. The number of carbonyl (C=O) groups excluding carboxylic acids is 1. The van der Waals surface area contributed by atoms with E-state index < -0.39 is 12.2 Å². The summed E-state index contributed by atoms with van der Waals surface area (Å²) in [6.07, 6.45) is -3.96. The van der Waals surface area contributed by atoms with Crippen molar-refractivity contribution in [1.82, 2.24) is 4.90 Å². The predicted octanol–water partition coefficient (Wildman–Crippen LogP) is 0.779. The van der Waals surface area contributed by atoms with Crippen LogP contribution in [0.15, 0.2) is 0 Å². The van der Waals surface area contributed by atoms with Crippen LogP contribution in [-0.4, -0.2) is 30.1 Å². The van der Waals surface area contributed by atoms with Crippen LogP contribution < -0.4 is 0 Å². The van der Waals surface area contributed by atoms with Crippen molar-refractivity contribution in [2.75, 3.05) is 6.54 Å². The second kappa shape index (κ2) is 2.14. The Morgan fingerprint density at radius 3 is 2.20 bits per heavy atom. The molecule has 1 atom stereocenters. The lowest BCUT2D eigenvalue weighted by Gasteiger charge is -2.38. The van der Waals surface area contributed by atoms with Crippen LogP contribution in [0.2, 0.25) is 0 Å². The van der Waals surface area contributed by atoms with Gasteiger partial charge in [0, 0.05) is 6.54 Å². The van der Waals surface area contributed by atoms with Crippen LogP contribution >= 0.6 is 0 Å². The van der Waals surface area contributed by atoms with Crippen molar-refractivity contribution in [3.8, 4) is 0 Å². The standard InChI is InChI=1S/C5H6F3NO/c6-5(7,8)4-1-2-9(4)3-10/h3-4H,1-2H2. The van der Waals surface area contributed by atoms with E-state index in [9.17, 15) is 18.0 Å². The minimum atomic E-state index is -4.24. The zero-order valence-corrected chi connectivity index (χ0v) is 5.06. The summed E-state index contributed by atoms with van der Waals surface area (Å²) >= 11 is 0. The Morgan fingerprint density at radius 2 is 2.10 bits per heavy atom. The fraction of sp³-hybridized carbons (Fsp3) is 0.800. The van der Waals surface area contributed by atoms with E-state index in [1.807, 2.05) is 0 Å². The van der Waals surface area contributed by atoms with Gasteiger partial charge in [-0.15, -0.1) is 0 Å². The summed E-state index contributed by atoms with van der Waals surface area (Å²) in [5.74, 6) is 0. The Hall–Kier alpha value is -0.740. The molecule has 0 radical (unpaired) electrons. The van der Waals surface area contributed by atoms with Crippen molar-refractivity contribution < 1.29 is 18.0 Å². The second-order valence-electron chi connectivity index (χ2n) is 2.19. The highest BCUT2D eigenvalue weighted by Crippen LogP contribution is 2.31. The van der Waals surface area contributed by atoms with Gasteiger partial charge in [-0.3, -0.25) is 4.79 Å². The maximum absolute atomic E-state index is 11.7. The summed E-state index contributed by atoms with van der Waals surface area (Å²) in [5.41, 5.74) is 0. The Kier molecular flexibility index (Phi) is 1.58. The molecule has 5 heteroatoms. The van der Waals surface area contributed by atoms with E-state index in [2.05, 4.69) is 0 Å². The van der Waals surface area contributed by atoms with Crippen LogP contribution in [0, 0.1) is 0 Å². The van der Waals surface area contributed by atoms with Crippen molar-refractivity contribution in [1.29, 1.82) is 0 Å². The fourth-order valence-electron chi connectivity index (χ4n) is 0.885. The lowest BCUT2D eigenvalue weighted by molar-refractivity contribution is -0.207. The van der Waals surface area contributed by atoms with Crippen LogP contribution in [0.5, 0.6) is 0 Å². The molecule has 58 valence electrons. The first-order valence-corrected chi connectivity index (χ1v) is 2.83. The number of rotatable bonds is 1. The summed E-state index contributed by atoms with van der Waals surface area (Å²) in [6.45, 7) is 0.230. The number of halogens is 3. The molecule has 1 unspecified atom stereocenters. The topological polar surface area (TPSA) is 20.3 Å². The van der Waals surface area contributed by atoms with Crippen LogP contribution in [-0.2, 0) is 4.79 Å². The van der Waals surface area contributed by atoms with Gasteiger partial charge >= 0.3 is 6.18 Å². The van der Waals surface area contributed by atoms with Crippen molar-refractivity contribution in [2.24, 2.45) is 0 Å². The van der Waals surface area contributed by atoms with E-state index >= 15 is 0 Å². The third-order valence-electron chi connectivity index (χ3n) is 1.57. The highest BCUT2D eigenvalue weighted by Gasteiger charge is 2.48. The molecular formula is C5H6F3NO. The van der Waals surface area contributed by atoms with E-state index in [0.717, 1.165) is 4.90 Å².